The Morgan fingerprint density at radius 1 is 1.29 bits per heavy atom. The van der Waals surface area contributed by atoms with Crippen molar-refractivity contribution in [1.29, 1.82) is 0 Å². The number of nitrogens with zero attached hydrogens (tertiary/aromatic N) is 2. The van der Waals surface area contributed by atoms with Crippen LogP contribution in [-0.4, -0.2) is 24.0 Å². The molecular formula is C11H16N2O. The molecule has 0 atom stereocenters. The molecule has 3 heteroatoms. The molecule has 0 unspecified atom stereocenters. The fraction of sp³-hybridized carbons (Fsp3) is 0.364. The van der Waals surface area contributed by atoms with E-state index < -0.39 is 5.60 Å². The second kappa shape index (κ2) is 4.24. The van der Waals surface area contributed by atoms with Gasteiger partial charge in [-0.25, -0.2) is 0 Å². The van der Waals surface area contributed by atoms with Crippen LogP contribution < -0.4 is 5.01 Å². The first kappa shape index (κ1) is 10.7. The van der Waals surface area contributed by atoms with E-state index in [0.29, 0.717) is 0 Å². The van der Waals surface area contributed by atoms with Gasteiger partial charge in [-0.1, -0.05) is 18.2 Å². The van der Waals surface area contributed by atoms with Crippen LogP contribution in [0.25, 0.3) is 0 Å². The fourth-order valence-corrected chi connectivity index (χ4v) is 0.938. The van der Waals surface area contributed by atoms with Crippen molar-refractivity contribution in [3.63, 3.8) is 0 Å². The lowest BCUT2D eigenvalue weighted by Crippen LogP contribution is -2.22. The van der Waals surface area contributed by atoms with Gasteiger partial charge in [-0.15, -0.1) is 0 Å². The second-order valence-electron chi connectivity index (χ2n) is 3.76. The van der Waals surface area contributed by atoms with E-state index in [2.05, 4.69) is 5.10 Å². The number of hydrazone groups is 1. The summed E-state index contributed by atoms with van der Waals surface area (Å²) in [6, 6.07) is 9.78. The van der Waals surface area contributed by atoms with Crippen molar-refractivity contribution in [2.45, 2.75) is 19.4 Å². The molecule has 0 aliphatic rings. The van der Waals surface area contributed by atoms with Crippen molar-refractivity contribution >= 4 is 11.9 Å². The predicted molar refractivity (Wildman–Crippen MR) is 59.6 cm³/mol. The Morgan fingerprint density at radius 3 is 2.36 bits per heavy atom. The highest BCUT2D eigenvalue weighted by Gasteiger charge is 2.08. The molecule has 1 aromatic rings. The molecule has 1 N–H and O–H groups in total. The van der Waals surface area contributed by atoms with Gasteiger partial charge in [0.2, 0.25) is 0 Å². The highest BCUT2D eigenvalue weighted by molar-refractivity contribution is 5.68. The molecule has 1 rings (SSSR count). The van der Waals surface area contributed by atoms with Crippen LogP contribution in [0.15, 0.2) is 35.4 Å². The number of para-hydroxylation sites is 1. The van der Waals surface area contributed by atoms with E-state index in [1.807, 2.05) is 37.4 Å². The van der Waals surface area contributed by atoms with Gasteiger partial charge in [0.25, 0.3) is 0 Å². The van der Waals surface area contributed by atoms with Crippen molar-refractivity contribution in [1.82, 2.24) is 0 Å². The van der Waals surface area contributed by atoms with Crippen LogP contribution in [-0.2, 0) is 0 Å². The second-order valence-corrected chi connectivity index (χ2v) is 3.76. The lowest BCUT2D eigenvalue weighted by atomic mass is 10.2. The van der Waals surface area contributed by atoms with Gasteiger partial charge in [0, 0.05) is 7.05 Å². The van der Waals surface area contributed by atoms with Gasteiger partial charge >= 0.3 is 0 Å². The van der Waals surface area contributed by atoms with E-state index in [1.165, 1.54) is 6.21 Å². The molecule has 0 aromatic heterocycles. The zero-order valence-electron chi connectivity index (χ0n) is 8.81. The Kier molecular flexibility index (Phi) is 3.25. The minimum absolute atomic E-state index is 0.872. The molecule has 0 bridgehead atoms. The Bertz CT molecular complexity index is 301. The van der Waals surface area contributed by atoms with Crippen molar-refractivity contribution < 1.29 is 5.11 Å². The van der Waals surface area contributed by atoms with Crippen molar-refractivity contribution in [2.75, 3.05) is 12.1 Å². The van der Waals surface area contributed by atoms with E-state index in [9.17, 15) is 5.11 Å². The monoisotopic (exact) mass is 192 g/mol. The molecule has 1 aromatic carbocycles. The third-order valence-electron chi connectivity index (χ3n) is 1.68. The molecule has 0 saturated carbocycles. The van der Waals surface area contributed by atoms with E-state index in [-0.39, 0.29) is 0 Å². The highest BCUT2D eigenvalue weighted by atomic mass is 16.3. The summed E-state index contributed by atoms with van der Waals surface area (Å²) in [5.41, 5.74) is 0.122. The zero-order chi connectivity index (χ0) is 10.6. The van der Waals surface area contributed by atoms with Gasteiger partial charge in [-0.3, -0.25) is 5.01 Å². The molecule has 0 radical (unpaired) electrons. The zero-order valence-corrected chi connectivity index (χ0v) is 8.81. The van der Waals surface area contributed by atoms with Gasteiger partial charge in [0.15, 0.2) is 0 Å². The maximum absolute atomic E-state index is 9.44. The average molecular weight is 192 g/mol. The average Bonchev–Trinajstić information content (AvgIpc) is 2.14. The van der Waals surface area contributed by atoms with Gasteiger partial charge < -0.3 is 5.11 Å². The van der Waals surface area contributed by atoms with E-state index in [0.717, 1.165) is 5.69 Å². The topological polar surface area (TPSA) is 35.8 Å². The predicted octanol–water partition coefficient (Wildman–Crippen LogP) is 1.88. The molecular weight excluding hydrogens is 176 g/mol. The molecule has 0 amide bonds. The van der Waals surface area contributed by atoms with Crippen molar-refractivity contribution in [3.8, 4) is 0 Å². The molecule has 14 heavy (non-hydrogen) atoms. The normalized spacial score (nSPS) is 12.0. The molecule has 0 fully saturated rings. The molecule has 0 spiro atoms. The standard InChI is InChI=1S/C11H16N2O/c1-11(2,14)9-12-13(3)10-7-5-4-6-8-10/h4-9,14H,1-3H3. The molecule has 0 aliphatic carbocycles. The quantitative estimate of drug-likeness (QED) is 0.586. The van der Waals surface area contributed by atoms with Crippen LogP contribution in [0.4, 0.5) is 5.69 Å². The number of aliphatic hydroxyl groups is 1. The molecule has 0 heterocycles. The summed E-state index contributed by atoms with van der Waals surface area (Å²) in [5, 5.41) is 15.3. The maximum Gasteiger partial charge on any atom is 0.0959 e. The number of benzene rings is 1. The Morgan fingerprint density at radius 2 is 1.86 bits per heavy atom. The maximum atomic E-state index is 9.44. The largest absolute Gasteiger partial charge is 0.385 e. The number of hydrogen-bond donors (Lipinski definition) is 1. The molecule has 0 aliphatic heterocycles. The fourth-order valence-electron chi connectivity index (χ4n) is 0.938. The Labute approximate surface area is 84.7 Å². The summed E-state index contributed by atoms with van der Waals surface area (Å²) in [6.07, 6.45) is 1.51. The Balaban J connectivity index is 2.69. The van der Waals surface area contributed by atoms with Crippen molar-refractivity contribution in [2.24, 2.45) is 5.10 Å². The number of anilines is 1. The molecule has 0 saturated heterocycles. The first-order valence-electron chi connectivity index (χ1n) is 4.55. The summed E-state index contributed by atoms with van der Waals surface area (Å²) in [7, 11) is 1.84. The van der Waals surface area contributed by atoms with Crippen LogP contribution >= 0.6 is 0 Å². The van der Waals surface area contributed by atoms with Gasteiger partial charge in [0.05, 0.1) is 17.5 Å². The van der Waals surface area contributed by atoms with Gasteiger partial charge in [-0.2, -0.15) is 5.10 Å². The molecule has 76 valence electrons. The van der Waals surface area contributed by atoms with Gasteiger partial charge in [0.1, 0.15) is 0 Å². The summed E-state index contributed by atoms with van der Waals surface area (Å²) in [5.74, 6) is 0. The van der Waals surface area contributed by atoms with Crippen LogP contribution in [0.2, 0.25) is 0 Å². The lowest BCUT2D eigenvalue weighted by molar-refractivity contribution is 0.159. The summed E-state index contributed by atoms with van der Waals surface area (Å²) >= 11 is 0. The van der Waals surface area contributed by atoms with Gasteiger partial charge in [-0.05, 0) is 26.0 Å². The third-order valence-corrected chi connectivity index (χ3v) is 1.68. The van der Waals surface area contributed by atoms with Crippen LogP contribution in [0.5, 0.6) is 0 Å². The third kappa shape index (κ3) is 3.58. The van der Waals surface area contributed by atoms with E-state index in [4.69, 9.17) is 0 Å². The van der Waals surface area contributed by atoms with Crippen LogP contribution in [0.3, 0.4) is 0 Å². The molecule has 3 nitrogen and oxygen atoms in total. The number of hydrogen-bond acceptors (Lipinski definition) is 3. The van der Waals surface area contributed by atoms with Crippen molar-refractivity contribution in [3.05, 3.63) is 30.3 Å². The van der Waals surface area contributed by atoms with Crippen LogP contribution in [0, 0.1) is 0 Å². The summed E-state index contributed by atoms with van der Waals surface area (Å²) < 4.78 is 0. The minimum atomic E-state index is -0.872. The minimum Gasteiger partial charge on any atom is -0.385 e. The SMILES string of the molecule is CN(N=CC(C)(C)O)c1ccccc1. The summed E-state index contributed by atoms with van der Waals surface area (Å²) in [4.78, 5) is 0. The van der Waals surface area contributed by atoms with E-state index >= 15 is 0 Å². The Hall–Kier alpha value is -1.35. The van der Waals surface area contributed by atoms with Crippen LogP contribution in [0.1, 0.15) is 13.8 Å². The smallest absolute Gasteiger partial charge is 0.0959 e. The lowest BCUT2D eigenvalue weighted by Gasteiger charge is -2.15. The highest BCUT2D eigenvalue weighted by Crippen LogP contribution is 2.11. The first-order valence-corrected chi connectivity index (χ1v) is 4.55. The number of rotatable bonds is 3. The first-order chi connectivity index (χ1) is 6.49. The van der Waals surface area contributed by atoms with E-state index in [1.54, 1.807) is 18.9 Å². The summed E-state index contributed by atoms with van der Waals surface area (Å²) in [6.45, 7) is 3.38.